The van der Waals surface area contributed by atoms with Crippen LogP contribution in [0.1, 0.15) is 24.3 Å². The third-order valence-electron chi connectivity index (χ3n) is 6.23. The van der Waals surface area contributed by atoms with Gasteiger partial charge in [0.1, 0.15) is 6.20 Å². The summed E-state index contributed by atoms with van der Waals surface area (Å²) in [5.74, 6) is 0.688. The maximum Gasteiger partial charge on any atom is 0.355 e. The van der Waals surface area contributed by atoms with Crippen LogP contribution < -0.4 is 4.52 Å². The number of nitrogens with one attached hydrogen (secondary N) is 1. The van der Waals surface area contributed by atoms with E-state index in [1.807, 2.05) is 16.9 Å². The fourth-order valence-corrected chi connectivity index (χ4v) is 4.82. The normalized spacial score (nSPS) is 15.7. The van der Waals surface area contributed by atoms with E-state index in [0.29, 0.717) is 5.92 Å². The van der Waals surface area contributed by atoms with Crippen LogP contribution in [0.25, 0.3) is 27.9 Å². The molecule has 0 bridgehead atoms. The molecule has 0 aliphatic carbocycles. The first-order valence-corrected chi connectivity index (χ1v) is 11.8. The van der Waals surface area contributed by atoms with Crippen LogP contribution in [0, 0.1) is 0 Å². The molecule has 0 spiro atoms. The molecule has 0 unspecified atom stereocenters. The van der Waals surface area contributed by atoms with Crippen molar-refractivity contribution in [2.45, 2.75) is 23.7 Å². The molecule has 4 nitrogen and oxygen atoms in total. The topological polar surface area (TPSA) is 36.0 Å². The predicted molar refractivity (Wildman–Crippen MR) is 124 cm³/mol. The molecule has 5 heteroatoms. The molecular weight excluding hydrogens is 388 g/mol. The van der Waals surface area contributed by atoms with Crippen LogP contribution in [0.5, 0.6) is 0 Å². The summed E-state index contributed by atoms with van der Waals surface area (Å²) in [7, 11) is 2.21. The molecule has 0 amide bonds. The van der Waals surface area contributed by atoms with Crippen molar-refractivity contribution >= 4 is 17.4 Å². The summed E-state index contributed by atoms with van der Waals surface area (Å²) in [6.07, 6.45) is 10.8. The minimum atomic E-state index is 0.688. The van der Waals surface area contributed by atoms with Gasteiger partial charge in [0.2, 0.25) is 0 Å². The Morgan fingerprint density at radius 3 is 2.60 bits per heavy atom. The van der Waals surface area contributed by atoms with Gasteiger partial charge in [0.25, 0.3) is 0 Å². The number of piperidine rings is 1. The maximum absolute atomic E-state index is 4.79. The van der Waals surface area contributed by atoms with Crippen molar-refractivity contribution in [2.24, 2.45) is 0 Å². The molecule has 4 aromatic rings. The maximum atomic E-state index is 4.79. The zero-order valence-electron chi connectivity index (χ0n) is 17.5. The van der Waals surface area contributed by atoms with Crippen LogP contribution >= 0.6 is 11.8 Å². The first-order chi connectivity index (χ1) is 14.7. The molecule has 0 radical (unpaired) electrons. The Kier molecular flexibility index (Phi) is 5.32. The number of fused-ring (bicyclic) bond motifs is 1. The first-order valence-electron chi connectivity index (χ1n) is 10.5. The third-order valence-corrected chi connectivity index (χ3v) is 6.95. The van der Waals surface area contributed by atoms with Gasteiger partial charge in [-0.2, -0.15) is 0 Å². The van der Waals surface area contributed by atoms with Crippen LogP contribution in [0.3, 0.4) is 0 Å². The van der Waals surface area contributed by atoms with Crippen LogP contribution in [-0.4, -0.2) is 41.4 Å². The Balaban J connectivity index is 1.41. The van der Waals surface area contributed by atoms with E-state index in [1.54, 1.807) is 11.8 Å². The molecule has 1 fully saturated rings. The molecule has 0 saturated carbocycles. The SMILES string of the molecule is CSc1cccc(-c2c[nH][n+]3cc(-c4ccc(C5CCN(C)CC5)cc4)cnc23)c1. The van der Waals surface area contributed by atoms with Gasteiger partial charge in [0.05, 0.1) is 17.3 Å². The monoisotopic (exact) mass is 415 g/mol. The number of aromatic amines is 1. The number of hydrogen-bond donors (Lipinski definition) is 1. The van der Waals surface area contributed by atoms with Crippen molar-refractivity contribution in [3.8, 4) is 22.3 Å². The zero-order chi connectivity index (χ0) is 20.5. The summed E-state index contributed by atoms with van der Waals surface area (Å²) in [5.41, 5.74) is 7.03. The lowest BCUT2D eigenvalue weighted by Gasteiger charge is -2.29. The molecule has 1 N–H and O–H groups in total. The second-order valence-electron chi connectivity index (χ2n) is 8.15. The van der Waals surface area contributed by atoms with E-state index in [4.69, 9.17) is 4.98 Å². The minimum absolute atomic E-state index is 0.688. The van der Waals surface area contributed by atoms with Gasteiger partial charge in [-0.3, -0.25) is 0 Å². The molecule has 0 atom stereocenters. The number of thioether (sulfide) groups is 1. The molecule has 1 aliphatic heterocycles. The second kappa shape index (κ2) is 8.25. The van der Waals surface area contributed by atoms with Crippen molar-refractivity contribution in [3.63, 3.8) is 0 Å². The highest BCUT2D eigenvalue weighted by Crippen LogP contribution is 2.30. The minimum Gasteiger partial charge on any atom is -0.306 e. The first kappa shape index (κ1) is 19.3. The van der Waals surface area contributed by atoms with Gasteiger partial charge < -0.3 is 4.90 Å². The molecule has 30 heavy (non-hydrogen) atoms. The Bertz CT molecular complexity index is 1160. The standard InChI is InChI=1S/C25H26N4S/c1-28-12-10-20(11-13-28)18-6-8-19(9-7-18)22-15-26-25-24(16-27-29(25)17-22)21-4-3-5-23(14-21)30-2/h3-9,14-17,20H,10-13H2,1-2H3/p+1. The summed E-state index contributed by atoms with van der Waals surface area (Å²) >= 11 is 1.76. The molecule has 1 saturated heterocycles. The highest BCUT2D eigenvalue weighted by Gasteiger charge is 2.19. The molecule has 3 heterocycles. The van der Waals surface area contributed by atoms with E-state index >= 15 is 0 Å². The number of aromatic nitrogens is 3. The van der Waals surface area contributed by atoms with Gasteiger partial charge in [-0.1, -0.05) is 36.4 Å². The highest BCUT2D eigenvalue weighted by atomic mass is 32.2. The van der Waals surface area contributed by atoms with Gasteiger partial charge in [0, 0.05) is 4.90 Å². The largest absolute Gasteiger partial charge is 0.355 e. The Hall–Kier alpha value is -2.63. The van der Waals surface area contributed by atoms with E-state index in [0.717, 1.165) is 16.8 Å². The van der Waals surface area contributed by atoms with E-state index in [9.17, 15) is 0 Å². The highest BCUT2D eigenvalue weighted by molar-refractivity contribution is 7.98. The molecular formula is C25H27N4S+. The summed E-state index contributed by atoms with van der Waals surface area (Å²) in [5, 5.41) is 3.34. The lowest BCUT2D eigenvalue weighted by atomic mass is 9.89. The molecule has 152 valence electrons. The number of nitrogens with zero attached hydrogens (tertiary/aromatic N) is 3. The summed E-state index contributed by atoms with van der Waals surface area (Å²) in [6.45, 7) is 2.39. The molecule has 1 aliphatic rings. The van der Waals surface area contributed by atoms with Crippen LogP contribution in [0.15, 0.2) is 72.0 Å². The van der Waals surface area contributed by atoms with Gasteiger partial charge in [-0.05, 0) is 79.0 Å². The van der Waals surface area contributed by atoms with Crippen molar-refractivity contribution < 1.29 is 4.52 Å². The fraction of sp³-hybridized carbons (Fsp3) is 0.280. The summed E-state index contributed by atoms with van der Waals surface area (Å²) < 4.78 is 2.02. The quantitative estimate of drug-likeness (QED) is 0.376. The molecule has 2 aromatic heterocycles. The van der Waals surface area contributed by atoms with Gasteiger partial charge >= 0.3 is 5.65 Å². The number of likely N-dealkylation sites (tertiary alicyclic amines) is 1. The fourth-order valence-electron chi connectivity index (χ4n) is 4.36. The van der Waals surface area contributed by atoms with Crippen molar-refractivity contribution in [1.82, 2.24) is 15.0 Å². The number of H-pyrrole nitrogens is 1. The van der Waals surface area contributed by atoms with Crippen LogP contribution in [0.4, 0.5) is 0 Å². The second-order valence-corrected chi connectivity index (χ2v) is 9.03. The number of benzene rings is 2. The Morgan fingerprint density at radius 1 is 1.03 bits per heavy atom. The summed E-state index contributed by atoms with van der Waals surface area (Å²) in [4.78, 5) is 8.47. The lowest BCUT2D eigenvalue weighted by molar-refractivity contribution is -0.578. The van der Waals surface area contributed by atoms with E-state index < -0.39 is 0 Å². The predicted octanol–water partition coefficient (Wildman–Crippen LogP) is 5.01. The molecule has 5 rings (SSSR count). The van der Waals surface area contributed by atoms with Gasteiger partial charge in [-0.15, -0.1) is 16.3 Å². The van der Waals surface area contributed by atoms with E-state index in [-0.39, 0.29) is 0 Å². The van der Waals surface area contributed by atoms with Crippen molar-refractivity contribution in [1.29, 1.82) is 0 Å². The van der Waals surface area contributed by atoms with Crippen LogP contribution in [0.2, 0.25) is 0 Å². The lowest BCUT2D eigenvalue weighted by Crippen LogP contribution is -2.29. The average molecular weight is 416 g/mol. The average Bonchev–Trinajstić information content (AvgIpc) is 3.23. The smallest absolute Gasteiger partial charge is 0.306 e. The Labute approximate surface area is 182 Å². The summed E-state index contributed by atoms with van der Waals surface area (Å²) in [6, 6.07) is 17.7. The van der Waals surface area contributed by atoms with Gasteiger partial charge in [-0.25, -0.2) is 5.10 Å². The van der Waals surface area contributed by atoms with Crippen molar-refractivity contribution in [2.75, 3.05) is 26.4 Å². The van der Waals surface area contributed by atoms with E-state index in [1.165, 1.54) is 47.5 Å². The van der Waals surface area contributed by atoms with Crippen molar-refractivity contribution in [3.05, 3.63) is 72.7 Å². The Morgan fingerprint density at radius 2 is 1.83 bits per heavy atom. The van der Waals surface area contributed by atoms with Gasteiger partial charge in [0.15, 0.2) is 6.20 Å². The zero-order valence-corrected chi connectivity index (χ0v) is 18.3. The van der Waals surface area contributed by atoms with Crippen LogP contribution in [-0.2, 0) is 0 Å². The number of rotatable bonds is 4. The molecule has 2 aromatic carbocycles. The third kappa shape index (κ3) is 3.75. The van der Waals surface area contributed by atoms with E-state index in [2.05, 4.69) is 78.0 Å². The number of hydrogen-bond acceptors (Lipinski definition) is 3.